The number of halogens is 1. The standard InChI is InChI=1S/C6H15FN2/c1-8-5-6-9-4-2-3-7/h8-9H,2-6H2,1H3. The van der Waals surface area contributed by atoms with Crippen LogP contribution in [0.4, 0.5) is 4.39 Å². The highest BCUT2D eigenvalue weighted by molar-refractivity contribution is 4.47. The second kappa shape index (κ2) is 7.85. The molecule has 0 aromatic rings. The van der Waals surface area contributed by atoms with E-state index >= 15 is 0 Å². The van der Waals surface area contributed by atoms with E-state index < -0.39 is 0 Å². The summed E-state index contributed by atoms with van der Waals surface area (Å²) in [5.41, 5.74) is 0. The minimum atomic E-state index is -0.216. The lowest BCUT2D eigenvalue weighted by atomic mass is 10.4. The average Bonchev–Trinajstić information content (AvgIpc) is 1.89. The topological polar surface area (TPSA) is 24.1 Å². The number of hydrogen-bond donors (Lipinski definition) is 2. The summed E-state index contributed by atoms with van der Waals surface area (Å²) in [5.74, 6) is 0. The van der Waals surface area contributed by atoms with Crippen molar-refractivity contribution in [2.24, 2.45) is 0 Å². The molecule has 2 nitrogen and oxygen atoms in total. The smallest absolute Gasteiger partial charge is 0.0906 e. The molecule has 0 radical (unpaired) electrons. The normalized spacial score (nSPS) is 10.0. The first-order valence-electron chi connectivity index (χ1n) is 3.33. The van der Waals surface area contributed by atoms with E-state index in [9.17, 15) is 4.39 Å². The van der Waals surface area contributed by atoms with Crippen LogP contribution in [0, 0.1) is 0 Å². The molecule has 0 rings (SSSR count). The lowest BCUT2D eigenvalue weighted by molar-refractivity contribution is 0.459. The fourth-order valence-electron chi connectivity index (χ4n) is 0.530. The van der Waals surface area contributed by atoms with Gasteiger partial charge in [0.15, 0.2) is 0 Å². The Bertz CT molecular complexity index is 44.3. The van der Waals surface area contributed by atoms with Crippen LogP contribution in [0.5, 0.6) is 0 Å². The molecule has 0 heterocycles. The van der Waals surface area contributed by atoms with Crippen LogP contribution in [-0.4, -0.2) is 33.4 Å². The van der Waals surface area contributed by atoms with Gasteiger partial charge >= 0.3 is 0 Å². The first kappa shape index (κ1) is 8.85. The van der Waals surface area contributed by atoms with E-state index in [4.69, 9.17) is 0 Å². The van der Waals surface area contributed by atoms with Crippen molar-refractivity contribution < 1.29 is 4.39 Å². The SMILES string of the molecule is CNCCNCCCF. The molecule has 0 aromatic carbocycles. The van der Waals surface area contributed by atoms with Gasteiger partial charge < -0.3 is 10.6 Å². The molecule has 0 saturated heterocycles. The Labute approximate surface area is 55.8 Å². The van der Waals surface area contributed by atoms with Gasteiger partial charge in [0.25, 0.3) is 0 Å². The van der Waals surface area contributed by atoms with E-state index in [0.29, 0.717) is 6.42 Å². The van der Waals surface area contributed by atoms with E-state index in [1.807, 2.05) is 7.05 Å². The lowest BCUT2D eigenvalue weighted by Crippen LogP contribution is -2.25. The number of hydrogen-bond acceptors (Lipinski definition) is 2. The summed E-state index contributed by atoms with van der Waals surface area (Å²) in [6.07, 6.45) is 0.629. The Morgan fingerprint density at radius 2 is 2.00 bits per heavy atom. The molecule has 0 spiro atoms. The maximum Gasteiger partial charge on any atom is 0.0906 e. The van der Waals surface area contributed by atoms with Crippen molar-refractivity contribution in [2.45, 2.75) is 6.42 Å². The molecule has 0 aliphatic rings. The molecule has 3 heteroatoms. The Balaban J connectivity index is 2.60. The van der Waals surface area contributed by atoms with Crippen molar-refractivity contribution in [3.63, 3.8) is 0 Å². The highest BCUT2D eigenvalue weighted by Gasteiger charge is 1.84. The third kappa shape index (κ3) is 7.85. The van der Waals surface area contributed by atoms with Gasteiger partial charge in [0.1, 0.15) is 0 Å². The second-order valence-corrected chi connectivity index (χ2v) is 1.90. The zero-order valence-corrected chi connectivity index (χ0v) is 5.91. The van der Waals surface area contributed by atoms with Crippen LogP contribution in [0.3, 0.4) is 0 Å². The summed E-state index contributed by atoms with van der Waals surface area (Å²) in [4.78, 5) is 0. The summed E-state index contributed by atoms with van der Waals surface area (Å²) in [7, 11) is 1.90. The monoisotopic (exact) mass is 134 g/mol. The number of rotatable bonds is 6. The Hall–Kier alpha value is -0.150. The maximum absolute atomic E-state index is 11.4. The minimum absolute atomic E-state index is 0.216. The van der Waals surface area contributed by atoms with E-state index in [1.54, 1.807) is 0 Å². The van der Waals surface area contributed by atoms with Crippen molar-refractivity contribution in [3.05, 3.63) is 0 Å². The molecular formula is C6H15FN2. The fourth-order valence-corrected chi connectivity index (χ4v) is 0.530. The molecule has 0 amide bonds. The van der Waals surface area contributed by atoms with Crippen LogP contribution < -0.4 is 10.6 Å². The molecule has 0 bridgehead atoms. The molecule has 0 unspecified atom stereocenters. The van der Waals surface area contributed by atoms with E-state index in [-0.39, 0.29) is 6.67 Å². The van der Waals surface area contributed by atoms with Gasteiger partial charge in [-0.25, -0.2) is 0 Å². The predicted octanol–water partition coefficient (Wildman–Crippen LogP) is 0.155. The Morgan fingerprint density at radius 1 is 1.22 bits per heavy atom. The highest BCUT2D eigenvalue weighted by atomic mass is 19.1. The molecule has 0 saturated carbocycles. The molecular weight excluding hydrogens is 119 g/mol. The number of nitrogens with one attached hydrogen (secondary N) is 2. The number of alkyl halides is 1. The third-order valence-corrected chi connectivity index (χ3v) is 1.04. The minimum Gasteiger partial charge on any atom is -0.318 e. The first-order valence-corrected chi connectivity index (χ1v) is 3.33. The maximum atomic E-state index is 11.4. The zero-order chi connectivity index (χ0) is 6.95. The van der Waals surface area contributed by atoms with Crippen LogP contribution in [-0.2, 0) is 0 Å². The first-order chi connectivity index (χ1) is 4.41. The van der Waals surface area contributed by atoms with Crippen molar-refractivity contribution >= 4 is 0 Å². The summed E-state index contributed by atoms with van der Waals surface area (Å²) >= 11 is 0. The largest absolute Gasteiger partial charge is 0.318 e. The van der Waals surface area contributed by atoms with Gasteiger partial charge in [-0.15, -0.1) is 0 Å². The van der Waals surface area contributed by atoms with Gasteiger partial charge in [0.2, 0.25) is 0 Å². The van der Waals surface area contributed by atoms with Crippen molar-refractivity contribution in [3.8, 4) is 0 Å². The van der Waals surface area contributed by atoms with Crippen LogP contribution in [0.15, 0.2) is 0 Å². The van der Waals surface area contributed by atoms with Crippen LogP contribution in [0.1, 0.15) is 6.42 Å². The fraction of sp³-hybridized carbons (Fsp3) is 1.00. The van der Waals surface area contributed by atoms with Crippen LogP contribution >= 0.6 is 0 Å². The van der Waals surface area contributed by atoms with Crippen molar-refractivity contribution in [2.75, 3.05) is 33.4 Å². The van der Waals surface area contributed by atoms with Gasteiger partial charge in [0, 0.05) is 13.1 Å². The van der Waals surface area contributed by atoms with Crippen molar-refractivity contribution in [1.29, 1.82) is 0 Å². The molecule has 0 aliphatic heterocycles. The summed E-state index contributed by atoms with van der Waals surface area (Å²) in [5, 5.41) is 6.07. The van der Waals surface area contributed by atoms with Gasteiger partial charge in [-0.3, -0.25) is 4.39 Å². The average molecular weight is 134 g/mol. The molecule has 0 fully saturated rings. The van der Waals surface area contributed by atoms with E-state index in [1.165, 1.54) is 0 Å². The summed E-state index contributed by atoms with van der Waals surface area (Å²) in [6.45, 7) is 2.45. The number of likely N-dealkylation sites (N-methyl/N-ethyl adjacent to an activating group) is 1. The summed E-state index contributed by atoms with van der Waals surface area (Å²) < 4.78 is 11.4. The Kier molecular flexibility index (Phi) is 7.72. The third-order valence-electron chi connectivity index (χ3n) is 1.04. The van der Waals surface area contributed by atoms with Crippen LogP contribution in [0.25, 0.3) is 0 Å². The predicted molar refractivity (Wildman–Crippen MR) is 37.4 cm³/mol. The quantitative estimate of drug-likeness (QED) is 0.505. The molecule has 56 valence electrons. The van der Waals surface area contributed by atoms with E-state index in [0.717, 1.165) is 19.6 Å². The summed E-state index contributed by atoms with van der Waals surface area (Å²) in [6, 6.07) is 0. The highest BCUT2D eigenvalue weighted by Crippen LogP contribution is 1.74. The molecule has 0 aromatic heterocycles. The lowest BCUT2D eigenvalue weighted by Gasteiger charge is -2.00. The van der Waals surface area contributed by atoms with Crippen molar-refractivity contribution in [1.82, 2.24) is 10.6 Å². The van der Waals surface area contributed by atoms with Crippen LogP contribution in [0.2, 0.25) is 0 Å². The molecule has 9 heavy (non-hydrogen) atoms. The van der Waals surface area contributed by atoms with E-state index in [2.05, 4.69) is 10.6 Å². The second-order valence-electron chi connectivity index (χ2n) is 1.90. The molecule has 2 N–H and O–H groups in total. The van der Waals surface area contributed by atoms with Gasteiger partial charge in [0.05, 0.1) is 6.67 Å². The van der Waals surface area contributed by atoms with Gasteiger partial charge in [-0.05, 0) is 20.0 Å². The Morgan fingerprint density at radius 3 is 2.56 bits per heavy atom. The molecule has 0 aliphatic carbocycles. The zero-order valence-electron chi connectivity index (χ0n) is 5.91. The molecule has 0 atom stereocenters. The van der Waals surface area contributed by atoms with Gasteiger partial charge in [-0.1, -0.05) is 0 Å². The van der Waals surface area contributed by atoms with Gasteiger partial charge in [-0.2, -0.15) is 0 Å².